The van der Waals surface area contributed by atoms with Gasteiger partial charge in [-0.1, -0.05) is 35.9 Å². The van der Waals surface area contributed by atoms with Gasteiger partial charge in [-0.15, -0.1) is 11.3 Å². The summed E-state index contributed by atoms with van der Waals surface area (Å²) in [5, 5.41) is 5.76. The van der Waals surface area contributed by atoms with Crippen molar-refractivity contribution in [1.82, 2.24) is 10.2 Å². The Bertz CT molecular complexity index is 586. The third-order valence-electron chi connectivity index (χ3n) is 3.16. The molecule has 1 aromatic carbocycles. The highest BCUT2D eigenvalue weighted by Crippen LogP contribution is 2.18. The predicted octanol–water partition coefficient (Wildman–Crippen LogP) is 3.71. The topological polar surface area (TPSA) is 32.3 Å². The Labute approximate surface area is 134 Å². The van der Waals surface area contributed by atoms with Crippen LogP contribution in [0.25, 0.3) is 0 Å². The van der Waals surface area contributed by atoms with Crippen LogP contribution in [-0.4, -0.2) is 24.4 Å². The number of nitrogens with one attached hydrogen (secondary N) is 1. The first-order chi connectivity index (χ1) is 10.1. The van der Waals surface area contributed by atoms with Crippen LogP contribution in [-0.2, 0) is 11.3 Å². The van der Waals surface area contributed by atoms with Crippen molar-refractivity contribution in [2.75, 3.05) is 13.6 Å². The van der Waals surface area contributed by atoms with Crippen molar-refractivity contribution >= 4 is 28.8 Å². The number of benzene rings is 1. The number of hydrogen-bond acceptors (Lipinski definition) is 3. The number of amides is 1. The molecule has 5 heteroatoms. The van der Waals surface area contributed by atoms with Crippen molar-refractivity contribution in [3.8, 4) is 0 Å². The van der Waals surface area contributed by atoms with E-state index in [1.54, 1.807) is 11.3 Å². The average molecular weight is 323 g/mol. The van der Waals surface area contributed by atoms with Crippen molar-refractivity contribution < 1.29 is 4.79 Å². The Morgan fingerprint density at radius 1 is 1.33 bits per heavy atom. The van der Waals surface area contributed by atoms with Gasteiger partial charge >= 0.3 is 0 Å². The van der Waals surface area contributed by atoms with Crippen LogP contribution in [0.3, 0.4) is 0 Å². The fraction of sp³-hybridized carbons (Fsp3) is 0.312. The van der Waals surface area contributed by atoms with E-state index in [-0.39, 0.29) is 11.9 Å². The van der Waals surface area contributed by atoms with Crippen LogP contribution in [0.5, 0.6) is 0 Å². The zero-order valence-corrected chi connectivity index (χ0v) is 13.7. The van der Waals surface area contributed by atoms with E-state index in [0.717, 1.165) is 15.5 Å². The van der Waals surface area contributed by atoms with E-state index >= 15 is 0 Å². The summed E-state index contributed by atoms with van der Waals surface area (Å²) in [4.78, 5) is 15.2. The van der Waals surface area contributed by atoms with E-state index in [0.29, 0.717) is 13.1 Å². The van der Waals surface area contributed by atoms with E-state index < -0.39 is 0 Å². The molecular weight excluding hydrogens is 304 g/mol. The maximum absolute atomic E-state index is 12.1. The van der Waals surface area contributed by atoms with Crippen LogP contribution in [0.4, 0.5) is 0 Å². The molecule has 0 fully saturated rings. The minimum absolute atomic E-state index is 0.0189. The Kier molecular flexibility index (Phi) is 5.79. The Balaban J connectivity index is 1.83. The van der Waals surface area contributed by atoms with E-state index in [2.05, 4.69) is 5.32 Å². The van der Waals surface area contributed by atoms with Gasteiger partial charge in [0.05, 0.1) is 12.6 Å². The molecule has 1 heterocycles. The molecule has 21 heavy (non-hydrogen) atoms. The zero-order valence-electron chi connectivity index (χ0n) is 12.2. The highest BCUT2D eigenvalue weighted by Gasteiger charge is 2.13. The van der Waals surface area contributed by atoms with Gasteiger partial charge in [-0.2, -0.15) is 0 Å². The Morgan fingerprint density at radius 2 is 2.10 bits per heavy atom. The number of nitrogens with zero attached hydrogens (tertiary/aromatic N) is 1. The molecule has 1 amide bonds. The summed E-state index contributed by atoms with van der Waals surface area (Å²) in [6, 6.07) is 11.8. The third kappa shape index (κ3) is 4.84. The SMILES string of the molecule is C[C@@H](NC(=O)CN(C)Cc1ccccc1Cl)c1cccs1. The maximum Gasteiger partial charge on any atom is 0.234 e. The number of rotatable bonds is 6. The molecule has 0 aliphatic rings. The molecule has 0 bridgehead atoms. The lowest BCUT2D eigenvalue weighted by atomic mass is 10.2. The van der Waals surface area contributed by atoms with E-state index in [9.17, 15) is 4.79 Å². The summed E-state index contributed by atoms with van der Waals surface area (Å²) in [6.07, 6.45) is 0. The summed E-state index contributed by atoms with van der Waals surface area (Å²) in [7, 11) is 1.92. The summed E-state index contributed by atoms with van der Waals surface area (Å²) >= 11 is 7.78. The second-order valence-corrected chi connectivity index (χ2v) is 6.45. The van der Waals surface area contributed by atoms with Gasteiger partial charge in [0.15, 0.2) is 0 Å². The first kappa shape index (κ1) is 16.0. The normalized spacial score (nSPS) is 12.4. The maximum atomic E-state index is 12.1. The number of thiophene rings is 1. The summed E-state index contributed by atoms with van der Waals surface area (Å²) in [5.41, 5.74) is 1.03. The lowest BCUT2D eigenvalue weighted by molar-refractivity contribution is -0.122. The smallest absolute Gasteiger partial charge is 0.234 e. The first-order valence-electron chi connectivity index (χ1n) is 6.81. The van der Waals surface area contributed by atoms with Gasteiger partial charge in [0.1, 0.15) is 0 Å². The second kappa shape index (κ2) is 7.59. The van der Waals surface area contributed by atoms with E-state index in [4.69, 9.17) is 11.6 Å². The minimum Gasteiger partial charge on any atom is -0.348 e. The largest absolute Gasteiger partial charge is 0.348 e. The molecule has 3 nitrogen and oxygen atoms in total. The molecule has 0 radical (unpaired) electrons. The van der Waals surface area contributed by atoms with Crippen LogP contribution < -0.4 is 5.32 Å². The van der Waals surface area contributed by atoms with Crippen LogP contribution >= 0.6 is 22.9 Å². The molecule has 0 aliphatic carbocycles. The van der Waals surface area contributed by atoms with Crippen LogP contribution in [0, 0.1) is 0 Å². The highest BCUT2D eigenvalue weighted by atomic mass is 35.5. The summed E-state index contributed by atoms with van der Waals surface area (Å²) in [5.74, 6) is 0.0189. The molecule has 1 atom stereocenters. The minimum atomic E-state index is 0.0189. The lowest BCUT2D eigenvalue weighted by Gasteiger charge is -2.19. The van der Waals surface area contributed by atoms with Crippen LogP contribution in [0.2, 0.25) is 5.02 Å². The lowest BCUT2D eigenvalue weighted by Crippen LogP contribution is -2.36. The molecule has 0 aliphatic heterocycles. The number of likely N-dealkylation sites (N-methyl/N-ethyl adjacent to an activating group) is 1. The molecule has 2 aromatic rings. The number of hydrogen-bond donors (Lipinski definition) is 1. The van der Waals surface area contributed by atoms with Crippen molar-refractivity contribution in [3.05, 3.63) is 57.2 Å². The molecule has 0 saturated carbocycles. The molecule has 1 aromatic heterocycles. The van der Waals surface area contributed by atoms with Crippen LogP contribution in [0.1, 0.15) is 23.4 Å². The predicted molar refractivity (Wildman–Crippen MR) is 88.7 cm³/mol. The van der Waals surface area contributed by atoms with Gasteiger partial charge in [0.25, 0.3) is 0 Å². The van der Waals surface area contributed by atoms with Gasteiger partial charge in [-0.05, 0) is 37.0 Å². The van der Waals surface area contributed by atoms with Crippen LogP contribution in [0.15, 0.2) is 41.8 Å². The van der Waals surface area contributed by atoms with Gasteiger partial charge in [0, 0.05) is 16.4 Å². The zero-order chi connectivity index (χ0) is 15.2. The van der Waals surface area contributed by atoms with Crippen molar-refractivity contribution in [1.29, 1.82) is 0 Å². The standard InChI is InChI=1S/C16H19ClN2OS/c1-12(15-8-5-9-21-15)18-16(20)11-19(2)10-13-6-3-4-7-14(13)17/h3-9,12H,10-11H2,1-2H3,(H,18,20)/t12-/m1/s1. The van der Waals surface area contributed by atoms with Gasteiger partial charge < -0.3 is 5.32 Å². The quantitative estimate of drug-likeness (QED) is 0.879. The van der Waals surface area contributed by atoms with Crippen molar-refractivity contribution in [2.45, 2.75) is 19.5 Å². The highest BCUT2D eigenvalue weighted by molar-refractivity contribution is 7.10. The fourth-order valence-corrected chi connectivity index (χ4v) is 3.04. The molecule has 112 valence electrons. The van der Waals surface area contributed by atoms with E-state index in [1.807, 2.05) is 60.6 Å². The monoisotopic (exact) mass is 322 g/mol. The molecule has 2 rings (SSSR count). The second-order valence-electron chi connectivity index (χ2n) is 5.07. The van der Waals surface area contributed by atoms with Gasteiger partial charge in [-0.3, -0.25) is 9.69 Å². The summed E-state index contributed by atoms with van der Waals surface area (Å²) < 4.78 is 0. The van der Waals surface area contributed by atoms with Gasteiger partial charge in [0.2, 0.25) is 5.91 Å². The number of halogens is 1. The number of carbonyl (C=O) groups is 1. The van der Waals surface area contributed by atoms with Crippen molar-refractivity contribution in [3.63, 3.8) is 0 Å². The molecule has 0 unspecified atom stereocenters. The third-order valence-corrected chi connectivity index (χ3v) is 4.58. The molecule has 0 spiro atoms. The number of carbonyl (C=O) groups excluding carboxylic acids is 1. The Morgan fingerprint density at radius 3 is 2.76 bits per heavy atom. The average Bonchev–Trinajstić information content (AvgIpc) is 2.95. The van der Waals surface area contributed by atoms with Gasteiger partial charge in [-0.25, -0.2) is 0 Å². The first-order valence-corrected chi connectivity index (χ1v) is 8.06. The molecule has 0 saturated heterocycles. The molecule has 1 N–H and O–H groups in total. The fourth-order valence-electron chi connectivity index (χ4n) is 2.11. The van der Waals surface area contributed by atoms with Crippen molar-refractivity contribution in [2.24, 2.45) is 0 Å². The van der Waals surface area contributed by atoms with E-state index in [1.165, 1.54) is 0 Å². The molecular formula is C16H19ClN2OS. The summed E-state index contributed by atoms with van der Waals surface area (Å²) in [6.45, 7) is 3.00. The Hall–Kier alpha value is -1.36.